The molecule has 48 valence electrons. The summed E-state index contributed by atoms with van der Waals surface area (Å²) >= 11 is 0. The molecular weight excluding hydrogens is 108 g/mol. The fourth-order valence-corrected chi connectivity index (χ4v) is 0.660. The normalized spacial score (nSPS) is 44.6. The number of aliphatic hydroxyl groups excluding tert-OH is 2. The molecule has 0 aromatic heterocycles. The van der Waals surface area contributed by atoms with Crippen LogP contribution in [-0.4, -0.2) is 35.1 Å². The Labute approximate surface area is 47.9 Å². The van der Waals surface area contributed by atoms with E-state index in [1.54, 1.807) is 6.92 Å². The Morgan fingerprint density at radius 1 is 1.62 bits per heavy atom. The lowest BCUT2D eigenvalue weighted by Gasteiger charge is -1.95. The largest absolute Gasteiger partial charge is 0.394 e. The molecule has 2 N–H and O–H groups in total. The number of hydrogen-bond donors (Lipinski definition) is 2. The molecule has 0 bridgehead atoms. The molecule has 1 rings (SSSR count). The molecule has 0 unspecified atom stereocenters. The molecule has 0 amide bonds. The quantitative estimate of drug-likeness (QED) is 0.463. The number of epoxide rings is 1. The van der Waals surface area contributed by atoms with Crippen molar-refractivity contribution in [3.8, 4) is 0 Å². The Hall–Kier alpha value is -0.120. The Balaban J connectivity index is 2.31. The molecule has 3 nitrogen and oxygen atoms in total. The fraction of sp³-hybridized carbons (Fsp3) is 1.00. The maximum absolute atomic E-state index is 8.53. The first-order valence-corrected chi connectivity index (χ1v) is 2.62. The SMILES string of the molecule is C[C@]1(CO)O[C@H]1CO. The first-order chi connectivity index (χ1) is 3.73. The smallest absolute Gasteiger partial charge is 0.117 e. The van der Waals surface area contributed by atoms with Crippen molar-refractivity contribution in [2.45, 2.75) is 18.6 Å². The Bertz CT molecular complexity index is 93.7. The second-order valence-corrected chi connectivity index (χ2v) is 2.26. The summed E-state index contributed by atoms with van der Waals surface area (Å²) < 4.78 is 4.90. The topological polar surface area (TPSA) is 53.0 Å². The van der Waals surface area contributed by atoms with E-state index in [1.165, 1.54) is 0 Å². The first-order valence-electron chi connectivity index (χ1n) is 2.62. The maximum Gasteiger partial charge on any atom is 0.117 e. The van der Waals surface area contributed by atoms with Gasteiger partial charge in [0.25, 0.3) is 0 Å². The van der Waals surface area contributed by atoms with Gasteiger partial charge in [-0.1, -0.05) is 0 Å². The highest BCUT2D eigenvalue weighted by atomic mass is 16.6. The molecule has 1 aliphatic heterocycles. The van der Waals surface area contributed by atoms with Crippen molar-refractivity contribution in [2.75, 3.05) is 13.2 Å². The lowest BCUT2D eigenvalue weighted by atomic mass is 10.1. The van der Waals surface area contributed by atoms with Crippen LogP contribution in [0.5, 0.6) is 0 Å². The van der Waals surface area contributed by atoms with Crippen LogP contribution in [0.3, 0.4) is 0 Å². The molecule has 0 aromatic rings. The third kappa shape index (κ3) is 0.727. The average molecular weight is 118 g/mol. The summed E-state index contributed by atoms with van der Waals surface area (Å²) in [5.74, 6) is 0. The number of ether oxygens (including phenoxy) is 1. The summed E-state index contributed by atoms with van der Waals surface area (Å²) in [6.45, 7) is 1.78. The second kappa shape index (κ2) is 1.69. The van der Waals surface area contributed by atoms with E-state index in [0.29, 0.717) is 0 Å². The molecule has 1 heterocycles. The van der Waals surface area contributed by atoms with Crippen molar-refractivity contribution in [1.29, 1.82) is 0 Å². The Morgan fingerprint density at radius 2 is 2.25 bits per heavy atom. The van der Waals surface area contributed by atoms with E-state index < -0.39 is 5.60 Å². The molecular formula is C5H10O3. The van der Waals surface area contributed by atoms with Crippen molar-refractivity contribution < 1.29 is 14.9 Å². The van der Waals surface area contributed by atoms with Crippen LogP contribution in [0.2, 0.25) is 0 Å². The molecule has 2 atom stereocenters. The van der Waals surface area contributed by atoms with E-state index in [0.717, 1.165) is 0 Å². The molecule has 1 aliphatic rings. The predicted molar refractivity (Wildman–Crippen MR) is 27.4 cm³/mol. The van der Waals surface area contributed by atoms with Gasteiger partial charge in [-0.25, -0.2) is 0 Å². The zero-order chi connectivity index (χ0) is 6.20. The molecule has 3 heteroatoms. The van der Waals surface area contributed by atoms with Crippen LogP contribution >= 0.6 is 0 Å². The van der Waals surface area contributed by atoms with Crippen LogP contribution in [-0.2, 0) is 4.74 Å². The zero-order valence-corrected chi connectivity index (χ0v) is 4.79. The molecule has 1 saturated heterocycles. The van der Waals surface area contributed by atoms with Crippen LogP contribution in [0, 0.1) is 0 Å². The van der Waals surface area contributed by atoms with E-state index >= 15 is 0 Å². The van der Waals surface area contributed by atoms with Gasteiger partial charge in [-0.05, 0) is 6.92 Å². The van der Waals surface area contributed by atoms with E-state index in [1.807, 2.05) is 0 Å². The van der Waals surface area contributed by atoms with Gasteiger partial charge in [-0.3, -0.25) is 0 Å². The lowest BCUT2D eigenvalue weighted by molar-refractivity contribution is 0.182. The third-order valence-electron chi connectivity index (χ3n) is 1.52. The minimum absolute atomic E-state index is 0.00176. The van der Waals surface area contributed by atoms with Gasteiger partial charge in [0, 0.05) is 0 Å². The molecule has 0 aromatic carbocycles. The van der Waals surface area contributed by atoms with Gasteiger partial charge in [0.05, 0.1) is 13.2 Å². The van der Waals surface area contributed by atoms with E-state index in [4.69, 9.17) is 14.9 Å². The summed E-state index contributed by atoms with van der Waals surface area (Å²) in [6, 6.07) is 0. The van der Waals surface area contributed by atoms with E-state index in [9.17, 15) is 0 Å². The number of rotatable bonds is 2. The minimum atomic E-state index is -0.436. The van der Waals surface area contributed by atoms with Gasteiger partial charge in [-0.15, -0.1) is 0 Å². The molecule has 8 heavy (non-hydrogen) atoms. The predicted octanol–water partition coefficient (Wildman–Crippen LogP) is -0.872. The van der Waals surface area contributed by atoms with Crippen molar-refractivity contribution in [2.24, 2.45) is 0 Å². The van der Waals surface area contributed by atoms with E-state index in [2.05, 4.69) is 0 Å². The maximum atomic E-state index is 8.53. The zero-order valence-electron chi connectivity index (χ0n) is 4.79. The van der Waals surface area contributed by atoms with Gasteiger partial charge in [0.1, 0.15) is 11.7 Å². The van der Waals surface area contributed by atoms with Crippen LogP contribution < -0.4 is 0 Å². The molecule has 1 fully saturated rings. The second-order valence-electron chi connectivity index (χ2n) is 2.26. The summed E-state index contributed by atoms with van der Waals surface area (Å²) in [7, 11) is 0. The minimum Gasteiger partial charge on any atom is -0.394 e. The van der Waals surface area contributed by atoms with E-state index in [-0.39, 0.29) is 19.3 Å². The van der Waals surface area contributed by atoms with Crippen molar-refractivity contribution in [3.05, 3.63) is 0 Å². The summed E-state index contributed by atoms with van der Waals surface area (Å²) in [6.07, 6.45) is -0.132. The highest BCUT2D eigenvalue weighted by Crippen LogP contribution is 2.34. The molecule has 0 saturated carbocycles. The van der Waals surface area contributed by atoms with Crippen LogP contribution in [0.4, 0.5) is 0 Å². The van der Waals surface area contributed by atoms with Crippen LogP contribution in [0.1, 0.15) is 6.92 Å². The fourth-order valence-electron chi connectivity index (χ4n) is 0.660. The van der Waals surface area contributed by atoms with Crippen molar-refractivity contribution in [1.82, 2.24) is 0 Å². The highest BCUT2D eigenvalue weighted by molar-refractivity contribution is 4.97. The number of aliphatic hydroxyl groups is 2. The highest BCUT2D eigenvalue weighted by Gasteiger charge is 2.51. The summed E-state index contributed by atoms with van der Waals surface area (Å²) in [5.41, 5.74) is -0.436. The Kier molecular flexibility index (Phi) is 1.27. The third-order valence-corrected chi connectivity index (χ3v) is 1.52. The number of hydrogen-bond acceptors (Lipinski definition) is 3. The van der Waals surface area contributed by atoms with Crippen LogP contribution in [0.15, 0.2) is 0 Å². The summed E-state index contributed by atoms with van der Waals surface area (Å²) in [4.78, 5) is 0. The monoisotopic (exact) mass is 118 g/mol. The van der Waals surface area contributed by atoms with Gasteiger partial charge >= 0.3 is 0 Å². The standard InChI is InChI=1S/C5H10O3/c1-5(3-7)4(2-6)8-5/h4,6-7H,2-3H2,1H3/t4-,5+/m0/s1. The van der Waals surface area contributed by atoms with Crippen molar-refractivity contribution >= 4 is 0 Å². The van der Waals surface area contributed by atoms with Gasteiger partial charge in [0.15, 0.2) is 0 Å². The average Bonchev–Trinajstić information content (AvgIpc) is 2.44. The van der Waals surface area contributed by atoms with Crippen molar-refractivity contribution in [3.63, 3.8) is 0 Å². The molecule has 0 radical (unpaired) electrons. The summed E-state index contributed by atoms with van der Waals surface area (Å²) in [5, 5.41) is 17.0. The van der Waals surface area contributed by atoms with Gasteiger partial charge in [0.2, 0.25) is 0 Å². The van der Waals surface area contributed by atoms with Gasteiger partial charge in [-0.2, -0.15) is 0 Å². The molecule has 0 spiro atoms. The lowest BCUT2D eigenvalue weighted by Crippen LogP contribution is -2.16. The van der Waals surface area contributed by atoms with Crippen LogP contribution in [0.25, 0.3) is 0 Å². The Morgan fingerprint density at radius 3 is 2.38 bits per heavy atom. The van der Waals surface area contributed by atoms with Gasteiger partial charge < -0.3 is 14.9 Å². The first kappa shape index (κ1) is 6.01. The molecule has 0 aliphatic carbocycles.